The van der Waals surface area contributed by atoms with Gasteiger partial charge < -0.3 is 10.6 Å². The number of thioether (sulfide) groups is 1. The molecule has 0 bridgehead atoms. The van der Waals surface area contributed by atoms with Gasteiger partial charge >= 0.3 is 0 Å². The molecule has 0 spiro atoms. The molecule has 0 saturated heterocycles. The molecule has 2 N–H and O–H groups in total. The van der Waals surface area contributed by atoms with Crippen LogP contribution in [0.3, 0.4) is 0 Å². The quantitative estimate of drug-likeness (QED) is 0.780. The van der Waals surface area contributed by atoms with Gasteiger partial charge in [0.25, 0.3) is 0 Å². The van der Waals surface area contributed by atoms with E-state index in [9.17, 15) is 0 Å². The number of nitrogens with two attached hydrogens (primary N) is 1. The smallest absolute Gasteiger partial charge is 0.161 e. The van der Waals surface area contributed by atoms with Crippen LogP contribution in [0.5, 0.6) is 0 Å². The van der Waals surface area contributed by atoms with Gasteiger partial charge in [0.05, 0.1) is 11.3 Å². The number of aryl methyl sites for hydroxylation is 1. The minimum absolute atomic E-state index is 0.351. The Kier molecular flexibility index (Phi) is 6.68. The van der Waals surface area contributed by atoms with Crippen molar-refractivity contribution in [3.8, 4) is 0 Å². The van der Waals surface area contributed by atoms with Gasteiger partial charge in [-0.05, 0) is 31.6 Å². The lowest BCUT2D eigenvalue weighted by atomic mass is 10.0. The molecule has 1 atom stereocenters. The molecule has 0 aliphatic carbocycles. The molecule has 1 heterocycles. The third-order valence-corrected chi connectivity index (χ3v) is 4.50. The summed E-state index contributed by atoms with van der Waals surface area (Å²) in [6.07, 6.45) is 3.81. The molecule has 4 nitrogen and oxygen atoms in total. The van der Waals surface area contributed by atoms with E-state index in [4.69, 9.17) is 18.0 Å². The first-order valence-electron chi connectivity index (χ1n) is 6.87. The zero-order valence-electron chi connectivity index (χ0n) is 12.9. The number of rotatable bonds is 7. The van der Waals surface area contributed by atoms with E-state index in [2.05, 4.69) is 42.1 Å². The van der Waals surface area contributed by atoms with Crippen LogP contribution in [0.2, 0.25) is 0 Å². The van der Waals surface area contributed by atoms with Gasteiger partial charge in [-0.1, -0.05) is 26.1 Å². The van der Waals surface area contributed by atoms with Gasteiger partial charge in [0.2, 0.25) is 0 Å². The fourth-order valence-electron chi connectivity index (χ4n) is 2.23. The average Bonchev–Trinajstić information content (AvgIpc) is 2.44. The van der Waals surface area contributed by atoms with Crippen molar-refractivity contribution in [2.24, 2.45) is 5.73 Å². The molecule has 0 amide bonds. The second-order valence-electron chi connectivity index (χ2n) is 4.81. The summed E-state index contributed by atoms with van der Waals surface area (Å²) < 4.78 is 0. The van der Waals surface area contributed by atoms with Crippen LogP contribution in [0.25, 0.3) is 0 Å². The maximum absolute atomic E-state index is 5.96. The van der Waals surface area contributed by atoms with Crippen LogP contribution in [0, 0.1) is 0 Å². The number of anilines is 1. The van der Waals surface area contributed by atoms with Gasteiger partial charge in [0.15, 0.2) is 5.82 Å². The minimum Gasteiger partial charge on any atom is -0.389 e. The normalized spacial score (nSPS) is 12.2. The van der Waals surface area contributed by atoms with Crippen LogP contribution in [-0.4, -0.2) is 40.3 Å². The van der Waals surface area contributed by atoms with Gasteiger partial charge in [0.1, 0.15) is 4.99 Å². The second kappa shape index (κ2) is 7.78. The molecule has 20 heavy (non-hydrogen) atoms. The zero-order valence-corrected chi connectivity index (χ0v) is 14.6. The molecule has 0 aromatic carbocycles. The number of thiocarbonyl (C=S) groups is 1. The van der Waals surface area contributed by atoms with E-state index in [1.54, 1.807) is 0 Å². The fraction of sp³-hybridized carbons (Fsp3) is 0.643. The maximum atomic E-state index is 5.96. The van der Waals surface area contributed by atoms with Crippen LogP contribution < -0.4 is 10.6 Å². The Hall–Kier alpha value is -0.880. The molecule has 6 heteroatoms. The Morgan fingerprint density at radius 1 is 1.35 bits per heavy atom. The average molecular weight is 313 g/mol. The van der Waals surface area contributed by atoms with E-state index < -0.39 is 0 Å². The van der Waals surface area contributed by atoms with Gasteiger partial charge in [-0.3, -0.25) is 0 Å². The first-order valence-corrected chi connectivity index (χ1v) is 8.67. The molecule has 1 aromatic heterocycles. The lowest BCUT2D eigenvalue weighted by Gasteiger charge is -2.28. The summed E-state index contributed by atoms with van der Waals surface area (Å²) in [4.78, 5) is 2.53. The molecule has 1 unspecified atom stereocenters. The highest BCUT2D eigenvalue weighted by molar-refractivity contribution is 7.98. The van der Waals surface area contributed by atoms with Gasteiger partial charge in [-0.2, -0.15) is 16.9 Å². The van der Waals surface area contributed by atoms with Crippen LogP contribution >= 0.6 is 24.0 Å². The van der Waals surface area contributed by atoms with Crippen molar-refractivity contribution in [1.82, 2.24) is 10.2 Å². The lowest BCUT2D eigenvalue weighted by Crippen LogP contribution is -2.34. The summed E-state index contributed by atoms with van der Waals surface area (Å²) in [5, 5.41) is 8.74. The molecule has 0 aliphatic rings. The predicted octanol–water partition coefficient (Wildman–Crippen LogP) is 2.42. The Balaban J connectivity index is 3.36. The largest absolute Gasteiger partial charge is 0.389 e. The van der Waals surface area contributed by atoms with E-state index in [0.29, 0.717) is 11.0 Å². The van der Waals surface area contributed by atoms with Crippen LogP contribution in [0.4, 0.5) is 5.82 Å². The van der Waals surface area contributed by atoms with Gasteiger partial charge in [-0.15, -0.1) is 5.10 Å². The monoisotopic (exact) mass is 312 g/mol. The zero-order chi connectivity index (χ0) is 15.3. The van der Waals surface area contributed by atoms with Crippen molar-refractivity contribution in [2.45, 2.75) is 39.7 Å². The fourth-order valence-corrected chi connectivity index (χ4v) is 3.15. The summed E-state index contributed by atoms with van der Waals surface area (Å²) in [7, 11) is 2.03. The minimum atomic E-state index is 0.351. The number of aromatic nitrogens is 2. The van der Waals surface area contributed by atoms with Crippen molar-refractivity contribution < 1.29 is 0 Å². The first-order chi connectivity index (χ1) is 9.47. The molecule has 112 valence electrons. The number of nitrogens with zero attached hydrogens (tertiary/aromatic N) is 3. The van der Waals surface area contributed by atoms with Gasteiger partial charge in [0, 0.05) is 18.8 Å². The standard InChI is InChI=1S/C14H24N4S2/c1-6-10-11(7-2)16-17-14(12(10)13(15)19)18(4)9(3)8-20-5/h9H,6-8H2,1-5H3,(H2,15,19). The maximum Gasteiger partial charge on any atom is 0.161 e. The van der Waals surface area contributed by atoms with Crippen molar-refractivity contribution >= 4 is 34.8 Å². The van der Waals surface area contributed by atoms with Crippen molar-refractivity contribution in [2.75, 3.05) is 24.0 Å². The Morgan fingerprint density at radius 3 is 2.45 bits per heavy atom. The van der Waals surface area contributed by atoms with Gasteiger partial charge in [-0.25, -0.2) is 0 Å². The van der Waals surface area contributed by atoms with Crippen LogP contribution in [0.15, 0.2) is 0 Å². The molecular weight excluding hydrogens is 288 g/mol. The molecule has 1 rings (SSSR count). The molecule has 0 aliphatic heterocycles. The third kappa shape index (κ3) is 3.61. The Labute approximate surface area is 131 Å². The summed E-state index contributed by atoms with van der Waals surface area (Å²) in [5.41, 5.74) is 8.97. The molecular formula is C14H24N4S2. The number of hydrogen-bond donors (Lipinski definition) is 1. The topological polar surface area (TPSA) is 55.0 Å². The Morgan fingerprint density at radius 2 is 2.00 bits per heavy atom. The second-order valence-corrected chi connectivity index (χ2v) is 6.16. The molecule has 0 saturated carbocycles. The highest BCUT2D eigenvalue weighted by atomic mass is 32.2. The molecule has 0 radical (unpaired) electrons. The first kappa shape index (κ1) is 17.2. The Bertz CT molecular complexity index is 476. The van der Waals surface area contributed by atoms with Crippen molar-refractivity contribution in [1.29, 1.82) is 0 Å². The summed E-state index contributed by atoms with van der Waals surface area (Å²) in [6.45, 7) is 6.35. The lowest BCUT2D eigenvalue weighted by molar-refractivity contribution is 0.733. The van der Waals surface area contributed by atoms with Crippen LogP contribution in [-0.2, 0) is 12.8 Å². The molecule has 1 aromatic rings. The summed E-state index contributed by atoms with van der Waals surface area (Å²) >= 11 is 7.07. The van der Waals surface area contributed by atoms with Crippen molar-refractivity contribution in [3.05, 3.63) is 16.8 Å². The third-order valence-electron chi connectivity index (χ3n) is 3.48. The van der Waals surface area contributed by atoms with E-state index >= 15 is 0 Å². The van der Waals surface area contributed by atoms with E-state index in [1.165, 1.54) is 0 Å². The van der Waals surface area contributed by atoms with E-state index in [-0.39, 0.29) is 0 Å². The summed E-state index contributed by atoms with van der Waals surface area (Å²) in [5.74, 6) is 1.82. The van der Waals surface area contributed by atoms with E-state index in [0.717, 1.165) is 41.2 Å². The van der Waals surface area contributed by atoms with Crippen molar-refractivity contribution in [3.63, 3.8) is 0 Å². The predicted molar refractivity (Wildman–Crippen MR) is 92.9 cm³/mol. The number of hydrogen-bond acceptors (Lipinski definition) is 5. The SMILES string of the molecule is CCc1nnc(N(C)C(C)CSC)c(C(N)=S)c1CC. The van der Waals surface area contributed by atoms with Crippen LogP contribution in [0.1, 0.15) is 37.6 Å². The highest BCUT2D eigenvalue weighted by Crippen LogP contribution is 2.25. The highest BCUT2D eigenvalue weighted by Gasteiger charge is 2.21. The van der Waals surface area contributed by atoms with E-state index in [1.807, 2.05) is 18.8 Å². The summed E-state index contributed by atoms with van der Waals surface area (Å²) in [6, 6.07) is 0.351. The molecule has 0 fully saturated rings.